The van der Waals surface area contributed by atoms with Crippen LogP contribution < -0.4 is 0 Å². The van der Waals surface area contributed by atoms with Crippen LogP contribution in [0.3, 0.4) is 0 Å². The molecule has 1 aliphatic carbocycles. The number of aromatic nitrogens is 1. The molecule has 1 nitrogen and oxygen atoms in total. The van der Waals surface area contributed by atoms with E-state index in [-0.39, 0.29) is 0 Å². The van der Waals surface area contributed by atoms with E-state index in [0.717, 1.165) is 6.42 Å². The van der Waals surface area contributed by atoms with Crippen molar-refractivity contribution in [1.82, 2.24) is 4.98 Å². The van der Waals surface area contributed by atoms with Crippen LogP contribution >= 0.6 is 22.7 Å². The zero-order valence-electron chi connectivity index (χ0n) is 21.1. The minimum atomic E-state index is 0.370. The summed E-state index contributed by atoms with van der Waals surface area (Å²) in [6, 6.07) is 38.0. The van der Waals surface area contributed by atoms with Gasteiger partial charge in [0.2, 0.25) is 0 Å². The van der Waals surface area contributed by atoms with Gasteiger partial charge in [-0.1, -0.05) is 97.1 Å². The van der Waals surface area contributed by atoms with Crippen molar-refractivity contribution < 1.29 is 0 Å². The second-order valence-corrected chi connectivity index (χ2v) is 12.7. The van der Waals surface area contributed by atoms with E-state index < -0.39 is 0 Å². The first-order valence-electron chi connectivity index (χ1n) is 13.5. The third-order valence-electron chi connectivity index (χ3n) is 8.39. The summed E-state index contributed by atoms with van der Waals surface area (Å²) in [5, 5.41) is 6.75. The standard InChI is InChI=1S/C36H23NS2/c1-3-13-33-27(7-1)29-11-5-9-23(35(29)38-33)21-15-17-25-26-18-16-22(20-32(26)37-31(25)19-21)24-10-6-12-30-28-8-2-4-14-34(28)39-36(24)30/h1-19,22,37H,20H2. The predicted octanol–water partition coefficient (Wildman–Crippen LogP) is 10.9. The lowest BCUT2D eigenvalue weighted by Gasteiger charge is -2.18. The molecule has 3 heteroatoms. The molecule has 1 N–H and O–H groups in total. The van der Waals surface area contributed by atoms with Crippen LogP contribution in [0.4, 0.5) is 0 Å². The fraction of sp³-hybridized carbons (Fsp3) is 0.0556. The summed E-state index contributed by atoms with van der Waals surface area (Å²) in [5.74, 6) is 0.370. The Hall–Kier alpha value is -4.18. The van der Waals surface area contributed by atoms with Gasteiger partial charge in [0, 0.05) is 68.4 Å². The van der Waals surface area contributed by atoms with Crippen molar-refractivity contribution in [3.8, 4) is 11.1 Å². The van der Waals surface area contributed by atoms with Crippen LogP contribution in [0.5, 0.6) is 0 Å². The first kappa shape index (κ1) is 21.7. The van der Waals surface area contributed by atoms with E-state index in [9.17, 15) is 0 Å². The number of rotatable bonds is 2. The maximum atomic E-state index is 3.83. The molecule has 39 heavy (non-hydrogen) atoms. The van der Waals surface area contributed by atoms with Gasteiger partial charge < -0.3 is 4.98 Å². The lowest BCUT2D eigenvalue weighted by molar-refractivity contribution is 0.817. The van der Waals surface area contributed by atoms with Gasteiger partial charge in [-0.15, -0.1) is 22.7 Å². The van der Waals surface area contributed by atoms with Gasteiger partial charge in [-0.2, -0.15) is 0 Å². The molecule has 184 valence electrons. The van der Waals surface area contributed by atoms with Crippen LogP contribution in [-0.2, 0) is 6.42 Å². The van der Waals surface area contributed by atoms with E-state index >= 15 is 0 Å². The minimum absolute atomic E-state index is 0.370. The Bertz CT molecular complexity index is 2270. The average Bonchev–Trinajstić information content (AvgIpc) is 3.67. The number of benzene rings is 5. The maximum Gasteiger partial charge on any atom is 0.0468 e. The van der Waals surface area contributed by atoms with E-state index in [1.54, 1.807) is 0 Å². The molecule has 0 aliphatic heterocycles. The Morgan fingerprint density at radius 1 is 0.615 bits per heavy atom. The summed E-state index contributed by atoms with van der Waals surface area (Å²) in [4.78, 5) is 3.83. The molecule has 9 rings (SSSR count). The highest BCUT2D eigenvalue weighted by Gasteiger charge is 2.22. The fourth-order valence-electron chi connectivity index (χ4n) is 6.54. The molecule has 1 unspecified atom stereocenters. The van der Waals surface area contributed by atoms with Gasteiger partial charge in [-0.3, -0.25) is 0 Å². The Balaban J connectivity index is 1.14. The van der Waals surface area contributed by atoms with Gasteiger partial charge in [-0.25, -0.2) is 0 Å². The molecule has 1 atom stereocenters. The first-order chi connectivity index (χ1) is 19.3. The highest BCUT2D eigenvalue weighted by molar-refractivity contribution is 7.26. The number of nitrogens with one attached hydrogen (secondary N) is 1. The molecule has 1 aliphatic rings. The smallest absolute Gasteiger partial charge is 0.0468 e. The number of hydrogen-bond acceptors (Lipinski definition) is 2. The maximum absolute atomic E-state index is 3.83. The Kier molecular flexibility index (Phi) is 4.54. The van der Waals surface area contributed by atoms with Crippen molar-refractivity contribution >= 4 is 80.0 Å². The fourth-order valence-corrected chi connectivity index (χ4v) is 9.06. The van der Waals surface area contributed by atoms with Crippen LogP contribution in [0.25, 0.3) is 68.5 Å². The number of thiophene rings is 2. The minimum Gasteiger partial charge on any atom is -0.358 e. The first-order valence-corrected chi connectivity index (χ1v) is 15.1. The van der Waals surface area contributed by atoms with Gasteiger partial charge in [-0.05, 0) is 41.3 Å². The zero-order chi connectivity index (χ0) is 25.5. The van der Waals surface area contributed by atoms with Gasteiger partial charge in [0.25, 0.3) is 0 Å². The predicted molar refractivity (Wildman–Crippen MR) is 171 cm³/mol. The summed E-state index contributed by atoms with van der Waals surface area (Å²) in [6.07, 6.45) is 5.76. The monoisotopic (exact) mass is 533 g/mol. The molecule has 0 radical (unpaired) electrons. The summed E-state index contributed by atoms with van der Waals surface area (Å²) < 4.78 is 5.51. The molecular weight excluding hydrogens is 511 g/mol. The highest BCUT2D eigenvalue weighted by atomic mass is 32.1. The van der Waals surface area contributed by atoms with Crippen LogP contribution in [0, 0.1) is 0 Å². The summed E-state index contributed by atoms with van der Waals surface area (Å²) in [6.45, 7) is 0. The molecule has 3 aromatic heterocycles. The number of fused-ring (bicyclic) bond motifs is 9. The van der Waals surface area contributed by atoms with Crippen LogP contribution in [0.15, 0.2) is 109 Å². The summed E-state index contributed by atoms with van der Waals surface area (Å²) >= 11 is 3.82. The van der Waals surface area contributed by atoms with E-state index in [1.807, 2.05) is 22.7 Å². The Labute approximate surface area is 233 Å². The topological polar surface area (TPSA) is 15.8 Å². The number of H-pyrrole nitrogens is 1. The second kappa shape index (κ2) is 8.16. The molecule has 0 amide bonds. The van der Waals surface area contributed by atoms with Crippen molar-refractivity contribution in [3.63, 3.8) is 0 Å². The van der Waals surface area contributed by atoms with Crippen molar-refractivity contribution in [2.45, 2.75) is 12.3 Å². The van der Waals surface area contributed by atoms with Crippen LogP contribution in [0.1, 0.15) is 22.7 Å². The van der Waals surface area contributed by atoms with Crippen LogP contribution in [-0.4, -0.2) is 4.98 Å². The van der Waals surface area contributed by atoms with Crippen molar-refractivity contribution in [2.75, 3.05) is 0 Å². The van der Waals surface area contributed by atoms with Gasteiger partial charge >= 0.3 is 0 Å². The van der Waals surface area contributed by atoms with Crippen molar-refractivity contribution in [2.24, 2.45) is 0 Å². The third-order valence-corrected chi connectivity index (χ3v) is 10.8. The molecule has 0 saturated carbocycles. The van der Waals surface area contributed by atoms with Crippen LogP contribution in [0.2, 0.25) is 0 Å². The molecule has 3 heterocycles. The Morgan fingerprint density at radius 2 is 1.31 bits per heavy atom. The van der Waals surface area contributed by atoms with Gasteiger partial charge in [0.1, 0.15) is 0 Å². The van der Waals surface area contributed by atoms with Crippen molar-refractivity contribution in [1.29, 1.82) is 0 Å². The molecule has 0 bridgehead atoms. The molecule has 5 aromatic carbocycles. The zero-order valence-corrected chi connectivity index (χ0v) is 22.7. The normalized spacial score (nSPS) is 15.2. The lowest BCUT2D eigenvalue weighted by Crippen LogP contribution is -2.05. The number of hydrogen-bond donors (Lipinski definition) is 1. The van der Waals surface area contributed by atoms with Gasteiger partial charge in [0.15, 0.2) is 0 Å². The second-order valence-electron chi connectivity index (χ2n) is 10.5. The number of allylic oxidation sites excluding steroid dienone is 1. The largest absolute Gasteiger partial charge is 0.358 e. The third kappa shape index (κ3) is 3.18. The van der Waals surface area contributed by atoms with E-state index in [1.165, 1.54) is 79.2 Å². The molecule has 8 aromatic rings. The molecule has 0 fully saturated rings. The van der Waals surface area contributed by atoms with E-state index in [0.29, 0.717) is 5.92 Å². The lowest BCUT2D eigenvalue weighted by atomic mass is 9.87. The molecular formula is C36H23NS2. The summed E-state index contributed by atoms with van der Waals surface area (Å²) in [7, 11) is 0. The highest BCUT2D eigenvalue weighted by Crippen LogP contribution is 2.43. The van der Waals surface area contributed by atoms with Gasteiger partial charge in [0.05, 0.1) is 0 Å². The van der Waals surface area contributed by atoms with E-state index in [4.69, 9.17) is 0 Å². The summed E-state index contributed by atoms with van der Waals surface area (Å²) in [5.41, 5.74) is 7.93. The van der Waals surface area contributed by atoms with Crippen molar-refractivity contribution in [3.05, 3.63) is 126 Å². The molecule has 0 spiro atoms. The average molecular weight is 534 g/mol. The Morgan fingerprint density at radius 3 is 2.13 bits per heavy atom. The van der Waals surface area contributed by atoms with E-state index in [2.05, 4.69) is 120 Å². The quantitative estimate of drug-likeness (QED) is 0.227. The molecule has 0 saturated heterocycles. The number of aromatic amines is 1. The SMILES string of the molecule is C1=CC(c2cccc3c2sc2ccccc23)Cc2[nH]c3cc(-c4cccc5c4sc4ccccc45)ccc3c21.